The zero-order chi connectivity index (χ0) is 24.2. The van der Waals surface area contributed by atoms with Gasteiger partial charge < -0.3 is 15.1 Å². The minimum absolute atomic E-state index is 0.0165. The quantitative estimate of drug-likeness (QED) is 0.466. The van der Waals surface area contributed by atoms with Crippen molar-refractivity contribution in [2.75, 3.05) is 24.3 Å². The van der Waals surface area contributed by atoms with E-state index >= 15 is 0 Å². The number of benzene rings is 3. The molecule has 0 radical (unpaired) electrons. The second-order valence-electron chi connectivity index (χ2n) is 9.39. The van der Waals surface area contributed by atoms with Gasteiger partial charge in [-0.15, -0.1) is 0 Å². The minimum atomic E-state index is -0.131. The number of rotatable bonds is 8. The van der Waals surface area contributed by atoms with Crippen LogP contribution in [0.15, 0.2) is 72.8 Å². The van der Waals surface area contributed by atoms with E-state index in [0.29, 0.717) is 12.1 Å². The van der Waals surface area contributed by atoms with Crippen LogP contribution in [0.3, 0.4) is 0 Å². The van der Waals surface area contributed by atoms with Crippen LogP contribution in [0.1, 0.15) is 52.9 Å². The molecule has 0 spiro atoms. The predicted octanol–water partition coefficient (Wildman–Crippen LogP) is 5.81. The van der Waals surface area contributed by atoms with Crippen molar-refractivity contribution in [1.82, 2.24) is 4.90 Å². The molecule has 5 heteroatoms. The molecule has 0 aromatic heterocycles. The molecule has 0 unspecified atom stereocenters. The molecule has 4 rings (SSSR count). The van der Waals surface area contributed by atoms with E-state index in [4.69, 9.17) is 0 Å². The SMILES string of the molecule is Cc1cccc(C(=O)N(Cc2cc(NC(=O)C3CC3)ccc2N(C)C)[C@H](C)c2ccccc2)c1. The molecule has 1 N–H and O–H groups in total. The van der Waals surface area contributed by atoms with Crippen molar-refractivity contribution in [3.63, 3.8) is 0 Å². The summed E-state index contributed by atoms with van der Waals surface area (Å²) < 4.78 is 0. The second kappa shape index (κ2) is 10.1. The number of nitrogens with zero attached hydrogens (tertiary/aromatic N) is 2. The molecule has 34 heavy (non-hydrogen) atoms. The first kappa shape index (κ1) is 23.6. The minimum Gasteiger partial charge on any atom is -0.377 e. The van der Waals surface area contributed by atoms with Crippen molar-refractivity contribution in [2.24, 2.45) is 5.92 Å². The summed E-state index contributed by atoms with van der Waals surface area (Å²) in [6.45, 7) is 4.48. The Bertz CT molecular complexity index is 1170. The molecule has 1 aliphatic rings. The van der Waals surface area contributed by atoms with Crippen LogP contribution >= 0.6 is 0 Å². The summed E-state index contributed by atoms with van der Waals surface area (Å²) >= 11 is 0. The number of carbonyl (C=O) groups is 2. The van der Waals surface area contributed by atoms with Crippen LogP contribution < -0.4 is 10.2 Å². The van der Waals surface area contributed by atoms with E-state index in [1.165, 1.54) is 0 Å². The molecule has 1 saturated carbocycles. The summed E-state index contributed by atoms with van der Waals surface area (Å²) in [4.78, 5) is 30.1. The fourth-order valence-electron chi connectivity index (χ4n) is 4.24. The third-order valence-corrected chi connectivity index (χ3v) is 6.39. The van der Waals surface area contributed by atoms with Gasteiger partial charge in [0.05, 0.1) is 6.04 Å². The Balaban J connectivity index is 1.71. The number of nitrogens with one attached hydrogen (secondary N) is 1. The zero-order valence-corrected chi connectivity index (χ0v) is 20.4. The largest absolute Gasteiger partial charge is 0.377 e. The highest BCUT2D eigenvalue weighted by molar-refractivity contribution is 5.95. The van der Waals surface area contributed by atoms with Crippen LogP contribution in [0, 0.1) is 12.8 Å². The number of hydrogen-bond acceptors (Lipinski definition) is 3. The molecule has 176 valence electrons. The normalized spacial score (nSPS) is 13.8. The monoisotopic (exact) mass is 455 g/mol. The fraction of sp³-hybridized carbons (Fsp3) is 0.310. The number of carbonyl (C=O) groups excluding carboxylic acids is 2. The lowest BCUT2D eigenvalue weighted by Gasteiger charge is -2.32. The lowest BCUT2D eigenvalue weighted by Crippen LogP contribution is -2.34. The maximum absolute atomic E-state index is 13.8. The van der Waals surface area contributed by atoms with E-state index < -0.39 is 0 Å². The van der Waals surface area contributed by atoms with Gasteiger partial charge in [0.1, 0.15) is 0 Å². The molecule has 0 aliphatic heterocycles. The first-order valence-electron chi connectivity index (χ1n) is 11.9. The van der Waals surface area contributed by atoms with Crippen molar-refractivity contribution in [2.45, 2.75) is 39.3 Å². The molecule has 1 atom stereocenters. The van der Waals surface area contributed by atoms with Gasteiger partial charge in [0.2, 0.25) is 5.91 Å². The van der Waals surface area contributed by atoms with E-state index in [9.17, 15) is 9.59 Å². The highest BCUT2D eigenvalue weighted by atomic mass is 16.2. The van der Waals surface area contributed by atoms with Crippen LogP contribution in [0.2, 0.25) is 0 Å². The van der Waals surface area contributed by atoms with E-state index in [0.717, 1.165) is 40.9 Å². The number of anilines is 2. The average Bonchev–Trinajstić information content (AvgIpc) is 3.68. The van der Waals surface area contributed by atoms with Gasteiger partial charge in [0.25, 0.3) is 5.91 Å². The standard InChI is InChI=1S/C29H33N3O2/c1-20-9-8-12-24(17-20)29(34)32(21(2)22-10-6-5-7-11-22)19-25-18-26(15-16-27(25)31(3)4)30-28(33)23-13-14-23/h5-12,15-18,21,23H,13-14,19H2,1-4H3,(H,30,33)/t21-/m1/s1. The molecule has 0 heterocycles. The Morgan fingerprint density at radius 2 is 1.71 bits per heavy atom. The van der Waals surface area contributed by atoms with Gasteiger partial charge >= 0.3 is 0 Å². The summed E-state index contributed by atoms with van der Waals surface area (Å²) in [5.41, 5.74) is 5.58. The highest BCUT2D eigenvalue weighted by Crippen LogP contribution is 2.32. The maximum atomic E-state index is 13.8. The molecule has 0 bridgehead atoms. The molecule has 1 fully saturated rings. The molecule has 2 amide bonds. The Morgan fingerprint density at radius 1 is 0.971 bits per heavy atom. The summed E-state index contributed by atoms with van der Waals surface area (Å²) in [6.07, 6.45) is 1.92. The molecule has 3 aromatic rings. The Morgan fingerprint density at radius 3 is 2.35 bits per heavy atom. The van der Waals surface area contributed by atoms with Crippen molar-refractivity contribution in [3.8, 4) is 0 Å². The lowest BCUT2D eigenvalue weighted by atomic mass is 10.0. The molecule has 3 aromatic carbocycles. The van der Waals surface area contributed by atoms with E-state index in [2.05, 4.69) is 24.4 Å². The number of aryl methyl sites for hydroxylation is 1. The first-order valence-corrected chi connectivity index (χ1v) is 11.9. The van der Waals surface area contributed by atoms with Crippen LogP contribution in [-0.4, -0.2) is 30.8 Å². The second-order valence-corrected chi connectivity index (χ2v) is 9.39. The van der Waals surface area contributed by atoms with Gasteiger partial charge in [0, 0.05) is 43.5 Å². The third kappa shape index (κ3) is 5.48. The fourth-order valence-corrected chi connectivity index (χ4v) is 4.24. The Hall–Kier alpha value is -3.60. The van der Waals surface area contributed by atoms with Gasteiger partial charge in [-0.2, -0.15) is 0 Å². The summed E-state index contributed by atoms with van der Waals surface area (Å²) in [6, 6.07) is 23.7. The third-order valence-electron chi connectivity index (χ3n) is 6.39. The molecule has 5 nitrogen and oxygen atoms in total. The molecular formula is C29H33N3O2. The summed E-state index contributed by atoms with van der Waals surface area (Å²) in [7, 11) is 3.99. The summed E-state index contributed by atoms with van der Waals surface area (Å²) in [5, 5.41) is 3.05. The first-order chi connectivity index (χ1) is 16.3. The van der Waals surface area contributed by atoms with E-state index in [-0.39, 0.29) is 23.8 Å². The molecule has 1 aliphatic carbocycles. The zero-order valence-electron chi connectivity index (χ0n) is 20.4. The van der Waals surface area contributed by atoms with Gasteiger partial charge in [-0.05, 0) is 68.1 Å². The lowest BCUT2D eigenvalue weighted by molar-refractivity contribution is -0.117. The Labute approximate surface area is 202 Å². The van der Waals surface area contributed by atoms with Crippen molar-refractivity contribution in [3.05, 3.63) is 95.1 Å². The van der Waals surface area contributed by atoms with E-state index in [1.807, 2.05) is 91.5 Å². The molecule has 0 saturated heterocycles. The number of amides is 2. The highest BCUT2D eigenvalue weighted by Gasteiger charge is 2.30. The number of hydrogen-bond donors (Lipinski definition) is 1. The van der Waals surface area contributed by atoms with E-state index in [1.54, 1.807) is 0 Å². The van der Waals surface area contributed by atoms with Crippen LogP contribution in [0.25, 0.3) is 0 Å². The van der Waals surface area contributed by atoms with Crippen LogP contribution in [-0.2, 0) is 11.3 Å². The maximum Gasteiger partial charge on any atom is 0.254 e. The Kier molecular flexibility index (Phi) is 7.01. The summed E-state index contributed by atoms with van der Waals surface area (Å²) in [5.74, 6) is 0.195. The predicted molar refractivity (Wildman–Crippen MR) is 138 cm³/mol. The topological polar surface area (TPSA) is 52.7 Å². The van der Waals surface area contributed by atoms with Gasteiger partial charge in [-0.25, -0.2) is 0 Å². The molecular weight excluding hydrogens is 422 g/mol. The van der Waals surface area contributed by atoms with Crippen LogP contribution in [0.4, 0.5) is 11.4 Å². The average molecular weight is 456 g/mol. The van der Waals surface area contributed by atoms with Gasteiger partial charge in [-0.3, -0.25) is 9.59 Å². The van der Waals surface area contributed by atoms with Crippen LogP contribution in [0.5, 0.6) is 0 Å². The van der Waals surface area contributed by atoms with Crippen molar-refractivity contribution >= 4 is 23.2 Å². The van der Waals surface area contributed by atoms with Gasteiger partial charge in [-0.1, -0.05) is 48.0 Å². The smallest absolute Gasteiger partial charge is 0.254 e. The van der Waals surface area contributed by atoms with Crippen molar-refractivity contribution in [1.29, 1.82) is 0 Å². The van der Waals surface area contributed by atoms with Crippen molar-refractivity contribution < 1.29 is 9.59 Å². The van der Waals surface area contributed by atoms with Gasteiger partial charge in [0.15, 0.2) is 0 Å².